The van der Waals surface area contributed by atoms with Crippen LogP contribution in [-0.2, 0) is 10.0 Å². The number of likely N-dealkylation sites (N-methyl/N-ethyl adjacent to an activating group) is 1. The normalized spacial score (nSPS) is 11.4. The molecule has 156 valence electrons. The molecule has 0 saturated carbocycles. The highest BCUT2D eigenvalue weighted by Crippen LogP contribution is 2.21. The lowest BCUT2D eigenvalue weighted by molar-refractivity contribution is 0.112. The summed E-state index contributed by atoms with van der Waals surface area (Å²) in [5.74, 6) is 0.381. The average Bonchev–Trinajstić information content (AvgIpc) is 2.74. The number of benzene rings is 2. The van der Waals surface area contributed by atoms with E-state index in [0.717, 1.165) is 11.8 Å². The number of hydrogen-bond acceptors (Lipinski definition) is 7. The van der Waals surface area contributed by atoms with E-state index >= 15 is 0 Å². The van der Waals surface area contributed by atoms with Crippen molar-refractivity contribution in [1.82, 2.24) is 19.6 Å². The lowest BCUT2D eigenvalue weighted by Gasteiger charge is -2.11. The van der Waals surface area contributed by atoms with Gasteiger partial charge in [-0.1, -0.05) is 24.3 Å². The highest BCUT2D eigenvalue weighted by Gasteiger charge is 2.13. The molecule has 0 saturated heterocycles. The minimum atomic E-state index is -3.55. The zero-order valence-corrected chi connectivity index (χ0v) is 17.6. The fourth-order valence-electron chi connectivity index (χ4n) is 2.65. The van der Waals surface area contributed by atoms with Crippen LogP contribution in [0.25, 0.3) is 11.3 Å². The van der Waals surface area contributed by atoms with Gasteiger partial charge in [-0.25, -0.2) is 23.1 Å². The van der Waals surface area contributed by atoms with Crippen molar-refractivity contribution in [3.05, 3.63) is 66.4 Å². The molecule has 0 bridgehead atoms. The number of rotatable bonds is 9. The van der Waals surface area contributed by atoms with Crippen molar-refractivity contribution in [3.63, 3.8) is 0 Å². The molecule has 1 heterocycles. The Morgan fingerprint density at radius 3 is 2.33 bits per heavy atom. The standard InChI is InChI=1S/C21H23N5O3S/c1-26(2)14-13-23-30(28,29)19-9-7-18(8-10-19)24-21-22-12-11-20(25-21)17-5-3-16(15-27)4-6-17/h3-12,15,23H,13-14H2,1-2H3,(H,22,24,25). The molecule has 1 aromatic heterocycles. The Balaban J connectivity index is 1.70. The molecule has 3 aromatic rings. The summed E-state index contributed by atoms with van der Waals surface area (Å²) in [6.45, 7) is 0.953. The maximum atomic E-state index is 12.3. The molecule has 0 unspecified atom stereocenters. The first kappa shape index (κ1) is 21.6. The maximum Gasteiger partial charge on any atom is 0.240 e. The zero-order chi connectivity index (χ0) is 21.6. The lowest BCUT2D eigenvalue weighted by Crippen LogP contribution is -2.31. The molecule has 3 rings (SSSR count). The minimum absolute atomic E-state index is 0.191. The minimum Gasteiger partial charge on any atom is -0.324 e. The van der Waals surface area contributed by atoms with Gasteiger partial charge in [-0.2, -0.15) is 0 Å². The Morgan fingerprint density at radius 2 is 1.70 bits per heavy atom. The summed E-state index contributed by atoms with van der Waals surface area (Å²) in [6.07, 6.45) is 2.42. The van der Waals surface area contributed by atoms with Crippen LogP contribution in [0.3, 0.4) is 0 Å². The molecule has 0 radical (unpaired) electrons. The van der Waals surface area contributed by atoms with E-state index in [9.17, 15) is 13.2 Å². The Kier molecular flexibility index (Phi) is 6.88. The Hall–Kier alpha value is -3.14. The Bertz CT molecular complexity index is 1100. The number of sulfonamides is 1. The van der Waals surface area contributed by atoms with Crippen LogP contribution in [0.4, 0.5) is 11.6 Å². The third-order valence-corrected chi connectivity index (χ3v) is 5.75. The van der Waals surface area contributed by atoms with E-state index in [0.29, 0.717) is 36.0 Å². The van der Waals surface area contributed by atoms with Crippen LogP contribution in [0.15, 0.2) is 65.7 Å². The third-order valence-electron chi connectivity index (χ3n) is 4.27. The van der Waals surface area contributed by atoms with Gasteiger partial charge in [-0.3, -0.25) is 4.79 Å². The van der Waals surface area contributed by atoms with Crippen LogP contribution >= 0.6 is 0 Å². The van der Waals surface area contributed by atoms with Gasteiger partial charge >= 0.3 is 0 Å². The van der Waals surface area contributed by atoms with Gasteiger partial charge in [0.25, 0.3) is 0 Å². The molecule has 0 fully saturated rings. The molecule has 0 aliphatic heterocycles. The van der Waals surface area contributed by atoms with Crippen LogP contribution in [0.1, 0.15) is 10.4 Å². The van der Waals surface area contributed by atoms with E-state index in [-0.39, 0.29) is 4.90 Å². The van der Waals surface area contributed by atoms with E-state index in [2.05, 4.69) is 20.0 Å². The van der Waals surface area contributed by atoms with Crippen LogP contribution < -0.4 is 10.0 Å². The van der Waals surface area contributed by atoms with Gasteiger partial charge in [0.15, 0.2) is 0 Å². The molecule has 8 nitrogen and oxygen atoms in total. The second-order valence-corrected chi connectivity index (χ2v) is 8.62. The molecular formula is C21H23N5O3S. The van der Waals surface area contributed by atoms with Crippen molar-refractivity contribution >= 4 is 27.9 Å². The predicted octanol–water partition coefficient (Wildman–Crippen LogP) is 2.54. The van der Waals surface area contributed by atoms with Crippen molar-refractivity contribution in [2.75, 3.05) is 32.5 Å². The first-order valence-electron chi connectivity index (χ1n) is 9.27. The molecule has 0 spiro atoms. The van der Waals surface area contributed by atoms with Crippen LogP contribution in [0, 0.1) is 0 Å². The fraction of sp³-hybridized carbons (Fsp3) is 0.190. The number of anilines is 2. The van der Waals surface area contributed by atoms with E-state index in [1.807, 2.05) is 31.1 Å². The number of nitrogens with one attached hydrogen (secondary N) is 2. The van der Waals surface area contributed by atoms with Gasteiger partial charge in [0, 0.05) is 36.1 Å². The van der Waals surface area contributed by atoms with Crippen molar-refractivity contribution in [2.45, 2.75) is 4.90 Å². The largest absolute Gasteiger partial charge is 0.324 e. The summed E-state index contributed by atoms with van der Waals surface area (Å²) < 4.78 is 27.2. The molecule has 2 aromatic carbocycles. The third kappa shape index (κ3) is 5.69. The van der Waals surface area contributed by atoms with E-state index in [4.69, 9.17) is 0 Å². The zero-order valence-electron chi connectivity index (χ0n) is 16.7. The summed E-state index contributed by atoms with van der Waals surface area (Å²) in [5.41, 5.74) is 2.82. The quantitative estimate of drug-likeness (QED) is 0.508. The summed E-state index contributed by atoms with van der Waals surface area (Å²) >= 11 is 0. The van der Waals surface area contributed by atoms with Crippen LogP contribution in [0.2, 0.25) is 0 Å². The molecule has 0 atom stereocenters. The average molecular weight is 426 g/mol. The fourth-order valence-corrected chi connectivity index (χ4v) is 3.67. The van der Waals surface area contributed by atoms with Crippen molar-refractivity contribution in [3.8, 4) is 11.3 Å². The molecule has 0 amide bonds. The van der Waals surface area contributed by atoms with Gasteiger partial charge in [0.2, 0.25) is 16.0 Å². The summed E-state index contributed by atoms with van der Waals surface area (Å²) in [6, 6.07) is 15.2. The Morgan fingerprint density at radius 1 is 1.00 bits per heavy atom. The van der Waals surface area contributed by atoms with Crippen LogP contribution in [-0.4, -0.2) is 56.8 Å². The topological polar surface area (TPSA) is 104 Å². The number of aldehydes is 1. The summed E-state index contributed by atoms with van der Waals surface area (Å²) in [4.78, 5) is 21.6. The number of carbonyl (C=O) groups excluding carboxylic acids is 1. The van der Waals surface area contributed by atoms with Gasteiger partial charge in [0.1, 0.15) is 6.29 Å². The molecule has 0 aliphatic rings. The van der Waals surface area contributed by atoms with E-state index < -0.39 is 10.0 Å². The molecule has 9 heteroatoms. The lowest BCUT2D eigenvalue weighted by atomic mass is 10.1. The summed E-state index contributed by atoms with van der Waals surface area (Å²) in [7, 11) is 0.207. The number of hydrogen-bond donors (Lipinski definition) is 2. The summed E-state index contributed by atoms with van der Waals surface area (Å²) in [5, 5.41) is 3.07. The Labute approximate surface area is 176 Å². The smallest absolute Gasteiger partial charge is 0.240 e. The van der Waals surface area contributed by atoms with Gasteiger partial charge in [0.05, 0.1) is 10.6 Å². The highest BCUT2D eigenvalue weighted by atomic mass is 32.2. The highest BCUT2D eigenvalue weighted by molar-refractivity contribution is 7.89. The van der Waals surface area contributed by atoms with Gasteiger partial charge in [-0.15, -0.1) is 0 Å². The first-order chi connectivity index (χ1) is 14.4. The second-order valence-electron chi connectivity index (χ2n) is 6.86. The predicted molar refractivity (Wildman–Crippen MR) is 116 cm³/mol. The maximum absolute atomic E-state index is 12.3. The van der Waals surface area contributed by atoms with Crippen molar-refractivity contribution in [2.24, 2.45) is 0 Å². The molecule has 2 N–H and O–H groups in total. The van der Waals surface area contributed by atoms with Crippen molar-refractivity contribution in [1.29, 1.82) is 0 Å². The second kappa shape index (κ2) is 9.57. The SMILES string of the molecule is CN(C)CCNS(=O)(=O)c1ccc(Nc2nccc(-c3ccc(C=O)cc3)n2)cc1. The molecule has 0 aliphatic carbocycles. The van der Waals surface area contributed by atoms with E-state index in [1.54, 1.807) is 36.5 Å². The van der Waals surface area contributed by atoms with Gasteiger partial charge < -0.3 is 10.2 Å². The van der Waals surface area contributed by atoms with Gasteiger partial charge in [-0.05, 0) is 44.4 Å². The van der Waals surface area contributed by atoms with Crippen LogP contribution in [0.5, 0.6) is 0 Å². The number of aromatic nitrogens is 2. The monoisotopic (exact) mass is 425 g/mol. The number of carbonyl (C=O) groups is 1. The first-order valence-corrected chi connectivity index (χ1v) is 10.8. The number of nitrogens with zero attached hydrogens (tertiary/aromatic N) is 3. The van der Waals surface area contributed by atoms with E-state index in [1.165, 1.54) is 12.1 Å². The molecular weight excluding hydrogens is 402 g/mol. The van der Waals surface area contributed by atoms with Crippen molar-refractivity contribution < 1.29 is 13.2 Å². The molecule has 30 heavy (non-hydrogen) atoms.